The summed E-state index contributed by atoms with van der Waals surface area (Å²) >= 11 is 5.85. The number of hydrogen-bond donors (Lipinski definition) is 1. The Morgan fingerprint density at radius 3 is 2.58 bits per heavy atom. The summed E-state index contributed by atoms with van der Waals surface area (Å²) in [7, 11) is 1.31. The zero-order valence-electron chi connectivity index (χ0n) is 11.3. The van der Waals surface area contributed by atoms with Gasteiger partial charge in [0, 0.05) is 5.02 Å². The molecule has 1 atom stereocenters. The number of carbonyl (C=O) groups is 2. The molecule has 104 valence electrons. The molecule has 4 nitrogen and oxygen atoms in total. The Bertz CT molecular complexity index is 460. The third kappa shape index (κ3) is 4.91. The Morgan fingerprint density at radius 1 is 1.37 bits per heavy atom. The second-order valence-corrected chi connectivity index (χ2v) is 5.06. The monoisotopic (exact) mass is 283 g/mol. The Hall–Kier alpha value is -1.55. The zero-order valence-corrected chi connectivity index (χ0v) is 12.0. The molecule has 0 heterocycles. The van der Waals surface area contributed by atoms with E-state index in [2.05, 4.69) is 10.1 Å². The smallest absolute Gasteiger partial charge is 0.328 e. The molecule has 0 aliphatic rings. The van der Waals surface area contributed by atoms with Crippen molar-refractivity contribution in [1.29, 1.82) is 0 Å². The van der Waals surface area contributed by atoms with Crippen LogP contribution in [0.2, 0.25) is 5.02 Å². The van der Waals surface area contributed by atoms with E-state index in [4.69, 9.17) is 11.6 Å². The first kappa shape index (κ1) is 15.5. The van der Waals surface area contributed by atoms with Crippen LogP contribution in [0.3, 0.4) is 0 Å². The molecule has 0 fully saturated rings. The Balaban J connectivity index is 2.65. The lowest BCUT2D eigenvalue weighted by molar-refractivity contribution is -0.146. The number of ether oxygens (including phenoxy) is 1. The maximum absolute atomic E-state index is 11.9. The lowest BCUT2D eigenvalue weighted by atomic mass is 10.0. The molecular formula is C14H18ClNO3. The van der Waals surface area contributed by atoms with Crippen LogP contribution < -0.4 is 5.32 Å². The predicted octanol–water partition coefficient (Wildman–Crippen LogP) is 2.20. The van der Waals surface area contributed by atoms with Crippen LogP contribution in [0.5, 0.6) is 0 Å². The van der Waals surface area contributed by atoms with Gasteiger partial charge >= 0.3 is 5.97 Å². The fourth-order valence-electron chi connectivity index (χ4n) is 1.68. The van der Waals surface area contributed by atoms with Gasteiger partial charge in [0.05, 0.1) is 13.5 Å². The van der Waals surface area contributed by atoms with Gasteiger partial charge in [-0.05, 0) is 23.6 Å². The molecule has 0 bridgehead atoms. The molecule has 0 aliphatic carbocycles. The van der Waals surface area contributed by atoms with Gasteiger partial charge in [-0.3, -0.25) is 4.79 Å². The quantitative estimate of drug-likeness (QED) is 0.843. The molecule has 0 aromatic heterocycles. The van der Waals surface area contributed by atoms with Gasteiger partial charge in [0.15, 0.2) is 0 Å². The SMILES string of the molecule is COC(=O)C(NC(=O)Cc1cccc(Cl)c1)C(C)C. The maximum Gasteiger partial charge on any atom is 0.328 e. The van der Waals surface area contributed by atoms with Crippen molar-refractivity contribution in [1.82, 2.24) is 5.32 Å². The van der Waals surface area contributed by atoms with Crippen molar-refractivity contribution < 1.29 is 14.3 Å². The molecule has 0 spiro atoms. The van der Waals surface area contributed by atoms with Crippen LogP contribution >= 0.6 is 11.6 Å². The summed E-state index contributed by atoms with van der Waals surface area (Å²) < 4.78 is 4.67. The molecule has 19 heavy (non-hydrogen) atoms. The van der Waals surface area contributed by atoms with Crippen molar-refractivity contribution in [3.8, 4) is 0 Å². The van der Waals surface area contributed by atoms with E-state index < -0.39 is 12.0 Å². The highest BCUT2D eigenvalue weighted by Gasteiger charge is 2.24. The first-order valence-electron chi connectivity index (χ1n) is 6.05. The van der Waals surface area contributed by atoms with E-state index in [1.54, 1.807) is 18.2 Å². The molecular weight excluding hydrogens is 266 g/mol. The highest BCUT2D eigenvalue weighted by Crippen LogP contribution is 2.11. The van der Waals surface area contributed by atoms with Crippen LogP contribution in [0, 0.1) is 5.92 Å². The minimum Gasteiger partial charge on any atom is -0.467 e. The van der Waals surface area contributed by atoms with E-state index in [0.717, 1.165) is 5.56 Å². The number of nitrogens with one attached hydrogen (secondary N) is 1. The van der Waals surface area contributed by atoms with E-state index in [1.807, 2.05) is 19.9 Å². The lowest BCUT2D eigenvalue weighted by Crippen LogP contribution is -2.45. The van der Waals surface area contributed by atoms with Gasteiger partial charge in [0.25, 0.3) is 0 Å². The summed E-state index contributed by atoms with van der Waals surface area (Å²) in [5, 5.41) is 3.26. The van der Waals surface area contributed by atoms with Gasteiger partial charge in [0.1, 0.15) is 6.04 Å². The number of carbonyl (C=O) groups excluding carboxylic acids is 2. The Kier molecular flexibility index (Phi) is 5.83. The van der Waals surface area contributed by atoms with Gasteiger partial charge in [0.2, 0.25) is 5.91 Å². The van der Waals surface area contributed by atoms with Gasteiger partial charge in [-0.1, -0.05) is 37.6 Å². The topological polar surface area (TPSA) is 55.4 Å². The molecule has 0 radical (unpaired) electrons. The molecule has 0 aliphatic heterocycles. The molecule has 1 aromatic carbocycles. The van der Waals surface area contributed by atoms with Crippen molar-refractivity contribution in [2.24, 2.45) is 5.92 Å². The third-order valence-electron chi connectivity index (χ3n) is 2.69. The van der Waals surface area contributed by atoms with Gasteiger partial charge in [-0.15, -0.1) is 0 Å². The van der Waals surface area contributed by atoms with Crippen LogP contribution in [0.4, 0.5) is 0 Å². The minimum absolute atomic E-state index is 0.0317. The second-order valence-electron chi connectivity index (χ2n) is 4.62. The maximum atomic E-state index is 11.9. The summed E-state index contributed by atoms with van der Waals surface area (Å²) in [6.07, 6.45) is 0.181. The van der Waals surface area contributed by atoms with Crippen LogP contribution in [-0.4, -0.2) is 25.0 Å². The normalized spacial score (nSPS) is 12.1. The van der Waals surface area contributed by atoms with E-state index in [9.17, 15) is 9.59 Å². The van der Waals surface area contributed by atoms with Crippen molar-refractivity contribution in [2.45, 2.75) is 26.3 Å². The first-order chi connectivity index (χ1) is 8.93. The molecule has 1 aromatic rings. The van der Waals surface area contributed by atoms with E-state index in [0.29, 0.717) is 5.02 Å². The fraction of sp³-hybridized carbons (Fsp3) is 0.429. The van der Waals surface area contributed by atoms with E-state index in [1.165, 1.54) is 7.11 Å². The Morgan fingerprint density at radius 2 is 2.05 bits per heavy atom. The van der Waals surface area contributed by atoms with Crippen LogP contribution in [0.15, 0.2) is 24.3 Å². The highest BCUT2D eigenvalue weighted by atomic mass is 35.5. The summed E-state index contributed by atoms with van der Waals surface area (Å²) in [5.74, 6) is -0.698. The van der Waals surface area contributed by atoms with E-state index in [-0.39, 0.29) is 18.2 Å². The molecule has 1 unspecified atom stereocenters. The highest BCUT2D eigenvalue weighted by molar-refractivity contribution is 6.30. The third-order valence-corrected chi connectivity index (χ3v) is 2.93. The van der Waals surface area contributed by atoms with Crippen LogP contribution in [-0.2, 0) is 20.7 Å². The minimum atomic E-state index is -0.628. The van der Waals surface area contributed by atoms with Crippen molar-refractivity contribution in [2.75, 3.05) is 7.11 Å². The summed E-state index contributed by atoms with van der Waals surface area (Å²) in [4.78, 5) is 23.4. The number of amides is 1. The number of halogens is 1. The first-order valence-corrected chi connectivity index (χ1v) is 6.43. The average molecular weight is 284 g/mol. The van der Waals surface area contributed by atoms with Crippen molar-refractivity contribution in [3.63, 3.8) is 0 Å². The Labute approximate surface area is 118 Å². The lowest BCUT2D eigenvalue weighted by Gasteiger charge is -2.19. The molecule has 1 N–H and O–H groups in total. The van der Waals surface area contributed by atoms with Gasteiger partial charge in [-0.25, -0.2) is 4.79 Å². The molecule has 1 amide bonds. The predicted molar refractivity (Wildman–Crippen MR) is 73.9 cm³/mol. The van der Waals surface area contributed by atoms with E-state index >= 15 is 0 Å². The average Bonchev–Trinajstić information content (AvgIpc) is 2.34. The number of esters is 1. The summed E-state index contributed by atoms with van der Waals surface area (Å²) in [6, 6.07) is 6.44. The van der Waals surface area contributed by atoms with Crippen LogP contribution in [0.1, 0.15) is 19.4 Å². The summed E-state index contributed by atoms with van der Waals surface area (Å²) in [5.41, 5.74) is 0.803. The molecule has 1 rings (SSSR count). The van der Waals surface area contributed by atoms with Gasteiger partial charge < -0.3 is 10.1 Å². The summed E-state index contributed by atoms with van der Waals surface area (Å²) in [6.45, 7) is 3.70. The van der Waals surface area contributed by atoms with Crippen LogP contribution in [0.25, 0.3) is 0 Å². The second kappa shape index (κ2) is 7.14. The number of hydrogen-bond acceptors (Lipinski definition) is 3. The van der Waals surface area contributed by atoms with Crippen molar-refractivity contribution in [3.05, 3.63) is 34.9 Å². The number of benzene rings is 1. The molecule has 5 heteroatoms. The standard InChI is InChI=1S/C14H18ClNO3/c1-9(2)13(14(18)19-3)16-12(17)8-10-5-4-6-11(15)7-10/h4-7,9,13H,8H2,1-3H3,(H,16,17). The zero-order chi connectivity index (χ0) is 14.4. The molecule has 0 saturated heterocycles. The number of rotatable bonds is 5. The van der Waals surface area contributed by atoms with Gasteiger partial charge in [-0.2, -0.15) is 0 Å². The fourth-order valence-corrected chi connectivity index (χ4v) is 1.89. The molecule has 0 saturated carbocycles. The largest absolute Gasteiger partial charge is 0.467 e. The van der Waals surface area contributed by atoms with Crippen molar-refractivity contribution >= 4 is 23.5 Å². The number of methoxy groups -OCH3 is 1.